The third-order valence-electron chi connectivity index (χ3n) is 5.44. The van der Waals surface area contributed by atoms with Crippen molar-refractivity contribution in [2.24, 2.45) is 0 Å². The van der Waals surface area contributed by atoms with Gasteiger partial charge in [-0.25, -0.2) is 0 Å². The summed E-state index contributed by atoms with van der Waals surface area (Å²) in [5.74, 6) is 0.561. The van der Waals surface area contributed by atoms with Gasteiger partial charge in [-0.2, -0.15) is 13.2 Å². The highest BCUT2D eigenvalue weighted by Gasteiger charge is 2.34. The summed E-state index contributed by atoms with van der Waals surface area (Å²) in [5.41, 5.74) is 0.534. The Hall–Kier alpha value is -2.54. The molecule has 2 aromatic carbocycles. The highest BCUT2D eigenvalue weighted by Crippen LogP contribution is 2.32. The van der Waals surface area contributed by atoms with Crippen LogP contribution in [-0.4, -0.2) is 36.2 Å². The van der Waals surface area contributed by atoms with Gasteiger partial charge in [0.15, 0.2) is 0 Å². The fraction of sp³-hybridized carbons (Fsp3) is 0.435. The number of carbonyl (C=O) groups is 1. The molecule has 4 nitrogen and oxygen atoms in total. The zero-order chi connectivity index (χ0) is 21.1. The molecule has 1 amide bonds. The smallest absolute Gasteiger partial charge is 0.416 e. The van der Waals surface area contributed by atoms with Crippen LogP contribution in [0.5, 0.6) is 5.75 Å². The van der Waals surface area contributed by atoms with Gasteiger partial charge in [0.1, 0.15) is 12.4 Å². The Kier molecular flexibility index (Phi) is 5.99. The molecule has 1 heterocycles. The van der Waals surface area contributed by atoms with Gasteiger partial charge in [-0.05, 0) is 67.6 Å². The van der Waals surface area contributed by atoms with Crippen molar-refractivity contribution in [3.05, 3.63) is 65.2 Å². The van der Waals surface area contributed by atoms with Gasteiger partial charge in [-0.1, -0.05) is 12.1 Å². The maximum absolute atomic E-state index is 13.0. The van der Waals surface area contributed by atoms with Crippen LogP contribution in [0.1, 0.15) is 47.2 Å². The fourth-order valence-electron chi connectivity index (χ4n) is 3.57. The number of ether oxygens (including phenoxy) is 2. The largest absolute Gasteiger partial charge is 0.491 e. The summed E-state index contributed by atoms with van der Waals surface area (Å²) in [6.45, 7) is 1.56. The molecule has 2 aromatic rings. The van der Waals surface area contributed by atoms with E-state index in [-0.39, 0.29) is 18.1 Å². The summed E-state index contributed by atoms with van der Waals surface area (Å²) >= 11 is 0. The maximum atomic E-state index is 13.0. The molecule has 1 saturated carbocycles. The number of nitrogens with zero attached hydrogens (tertiary/aromatic N) is 1. The summed E-state index contributed by atoms with van der Waals surface area (Å²) in [5, 5.41) is 0. The number of hydrogen-bond donors (Lipinski definition) is 0. The van der Waals surface area contributed by atoms with Crippen molar-refractivity contribution in [3.63, 3.8) is 0 Å². The third-order valence-corrected chi connectivity index (χ3v) is 5.44. The minimum absolute atomic E-state index is 0.122. The first-order valence-corrected chi connectivity index (χ1v) is 10.2. The van der Waals surface area contributed by atoms with Crippen LogP contribution in [0.25, 0.3) is 0 Å². The summed E-state index contributed by atoms with van der Waals surface area (Å²) in [7, 11) is 0. The molecule has 160 valence electrons. The third kappa shape index (κ3) is 5.14. The summed E-state index contributed by atoms with van der Waals surface area (Å²) in [6.07, 6.45) is -0.364. The first-order valence-electron chi connectivity index (χ1n) is 10.2. The number of amides is 1. The number of hydrogen-bond acceptors (Lipinski definition) is 3. The predicted molar refractivity (Wildman–Crippen MR) is 105 cm³/mol. The van der Waals surface area contributed by atoms with Gasteiger partial charge in [-0.15, -0.1) is 0 Å². The van der Waals surface area contributed by atoms with Crippen LogP contribution in [-0.2, 0) is 17.5 Å². The van der Waals surface area contributed by atoms with Crippen molar-refractivity contribution >= 4 is 5.91 Å². The second kappa shape index (κ2) is 8.68. The van der Waals surface area contributed by atoms with Gasteiger partial charge in [0, 0.05) is 24.8 Å². The van der Waals surface area contributed by atoms with Crippen LogP contribution in [0.2, 0.25) is 0 Å². The van der Waals surface area contributed by atoms with E-state index in [1.54, 1.807) is 29.2 Å². The molecule has 0 spiro atoms. The molecule has 7 heteroatoms. The molecule has 4 rings (SSSR count). The molecular formula is C23H24F3NO3. The molecule has 0 N–H and O–H groups in total. The van der Waals surface area contributed by atoms with Gasteiger partial charge in [0.05, 0.1) is 11.7 Å². The van der Waals surface area contributed by atoms with E-state index in [2.05, 4.69) is 0 Å². The Labute approximate surface area is 173 Å². The van der Waals surface area contributed by atoms with Crippen molar-refractivity contribution in [2.45, 2.75) is 50.6 Å². The van der Waals surface area contributed by atoms with E-state index < -0.39 is 11.7 Å². The zero-order valence-corrected chi connectivity index (χ0v) is 16.5. The number of carbonyl (C=O) groups excluding carboxylic acids is 1. The van der Waals surface area contributed by atoms with Crippen molar-refractivity contribution < 1.29 is 27.4 Å². The molecular weight excluding hydrogens is 395 g/mol. The summed E-state index contributed by atoms with van der Waals surface area (Å²) in [4.78, 5) is 14.8. The van der Waals surface area contributed by atoms with Gasteiger partial charge in [0.2, 0.25) is 0 Å². The van der Waals surface area contributed by atoms with Crippen LogP contribution in [0.3, 0.4) is 0 Å². The van der Waals surface area contributed by atoms with Crippen LogP contribution in [0.15, 0.2) is 48.5 Å². The monoisotopic (exact) mass is 419 g/mol. The van der Waals surface area contributed by atoms with E-state index in [4.69, 9.17) is 9.47 Å². The van der Waals surface area contributed by atoms with Crippen molar-refractivity contribution in [2.75, 3.05) is 13.2 Å². The van der Waals surface area contributed by atoms with E-state index in [9.17, 15) is 18.0 Å². The highest BCUT2D eigenvalue weighted by molar-refractivity contribution is 5.94. The van der Waals surface area contributed by atoms with Crippen molar-refractivity contribution in [1.29, 1.82) is 0 Å². The summed E-state index contributed by atoms with van der Waals surface area (Å²) < 4.78 is 49.6. The second-order valence-corrected chi connectivity index (χ2v) is 7.83. The molecule has 2 aliphatic rings. The fourth-order valence-corrected chi connectivity index (χ4v) is 3.57. The van der Waals surface area contributed by atoms with E-state index in [1.165, 1.54) is 12.1 Å². The van der Waals surface area contributed by atoms with Crippen LogP contribution < -0.4 is 4.74 Å². The maximum Gasteiger partial charge on any atom is 0.416 e. The molecule has 1 unspecified atom stereocenters. The first kappa shape index (κ1) is 20.7. The molecule has 2 fully saturated rings. The molecule has 0 bridgehead atoms. The van der Waals surface area contributed by atoms with Gasteiger partial charge in [0.25, 0.3) is 5.91 Å². The summed E-state index contributed by atoms with van der Waals surface area (Å²) in [6, 6.07) is 12.1. The van der Waals surface area contributed by atoms with Gasteiger partial charge in [-0.3, -0.25) is 4.79 Å². The number of halogens is 3. The van der Waals surface area contributed by atoms with Crippen LogP contribution >= 0.6 is 0 Å². The van der Waals surface area contributed by atoms with E-state index in [1.807, 2.05) is 0 Å². The quantitative estimate of drug-likeness (QED) is 0.629. The Bertz CT molecular complexity index is 855. The lowest BCUT2D eigenvalue weighted by Gasteiger charge is -2.23. The highest BCUT2D eigenvalue weighted by atomic mass is 19.4. The lowest BCUT2D eigenvalue weighted by molar-refractivity contribution is -0.137. The molecule has 0 radical (unpaired) electrons. The minimum atomic E-state index is -4.36. The minimum Gasteiger partial charge on any atom is -0.491 e. The van der Waals surface area contributed by atoms with Crippen molar-refractivity contribution in [1.82, 2.24) is 4.90 Å². The zero-order valence-electron chi connectivity index (χ0n) is 16.5. The number of rotatable bonds is 7. The van der Waals surface area contributed by atoms with E-state index in [0.717, 1.165) is 44.4 Å². The van der Waals surface area contributed by atoms with E-state index >= 15 is 0 Å². The van der Waals surface area contributed by atoms with Crippen molar-refractivity contribution in [3.8, 4) is 5.75 Å². The number of alkyl halides is 3. The molecule has 0 aromatic heterocycles. The molecule has 1 aliphatic heterocycles. The Morgan fingerprint density at radius 2 is 1.73 bits per heavy atom. The van der Waals surface area contributed by atoms with Gasteiger partial charge >= 0.3 is 6.18 Å². The van der Waals surface area contributed by atoms with Crippen LogP contribution in [0, 0.1) is 0 Å². The molecule has 30 heavy (non-hydrogen) atoms. The Morgan fingerprint density at radius 3 is 2.30 bits per heavy atom. The van der Waals surface area contributed by atoms with Crippen LogP contribution in [0.4, 0.5) is 13.2 Å². The van der Waals surface area contributed by atoms with Gasteiger partial charge < -0.3 is 14.4 Å². The standard InChI is InChI=1S/C23H24F3NO3/c24-23(25,26)18-7-3-16(4-8-18)14-27(19-9-10-19)22(28)17-5-11-20(12-6-17)30-15-21-2-1-13-29-21/h3-8,11-12,19,21H,1-2,9-10,13-15H2. The SMILES string of the molecule is O=C(c1ccc(OCC2CCCO2)cc1)N(Cc1ccc(C(F)(F)F)cc1)C1CC1. The van der Waals surface area contributed by atoms with E-state index in [0.29, 0.717) is 30.0 Å². The predicted octanol–water partition coefficient (Wildman–Crippen LogP) is 5.07. The average molecular weight is 419 g/mol. The lowest BCUT2D eigenvalue weighted by Crippen LogP contribution is -2.32. The first-order chi connectivity index (χ1) is 14.4. The number of benzene rings is 2. The molecule has 1 saturated heterocycles. The topological polar surface area (TPSA) is 38.8 Å². The molecule has 1 atom stereocenters. The Morgan fingerprint density at radius 1 is 1.03 bits per heavy atom. The second-order valence-electron chi connectivity index (χ2n) is 7.83. The lowest BCUT2D eigenvalue weighted by atomic mass is 10.1. The average Bonchev–Trinajstić information content (AvgIpc) is 3.44. The normalized spacial score (nSPS) is 19.0. The Balaban J connectivity index is 1.39. The molecule has 1 aliphatic carbocycles.